The fourth-order valence-electron chi connectivity index (χ4n) is 4.54. The number of carbonyl (C=O) groups excluding carboxylic acids is 1. The van der Waals surface area contributed by atoms with E-state index in [0.29, 0.717) is 57.4 Å². The first-order valence-corrected chi connectivity index (χ1v) is 12.1. The van der Waals surface area contributed by atoms with Crippen molar-refractivity contribution in [2.24, 2.45) is 0 Å². The maximum atomic E-state index is 13.2. The van der Waals surface area contributed by atoms with Crippen LogP contribution in [-0.4, -0.2) is 60.8 Å². The van der Waals surface area contributed by atoms with Crippen LogP contribution in [0.1, 0.15) is 42.4 Å². The van der Waals surface area contributed by atoms with E-state index in [4.69, 9.17) is 20.0 Å². The zero-order chi connectivity index (χ0) is 26.4. The number of benzene rings is 1. The predicted molar refractivity (Wildman–Crippen MR) is 127 cm³/mol. The van der Waals surface area contributed by atoms with Crippen LogP contribution in [0, 0.1) is 22.7 Å². The van der Waals surface area contributed by atoms with E-state index in [2.05, 4.69) is 9.88 Å². The molecular formula is C26H26F3N5O3. The summed E-state index contributed by atoms with van der Waals surface area (Å²) in [5.41, 5.74) is -0.939. The molecule has 0 unspecified atom stereocenters. The van der Waals surface area contributed by atoms with Gasteiger partial charge >= 0.3 is 6.18 Å². The molecule has 4 rings (SSSR count). The van der Waals surface area contributed by atoms with Crippen molar-refractivity contribution in [1.82, 2.24) is 9.88 Å². The number of nitrogens with zero attached hydrogens (tertiary/aromatic N) is 5. The highest BCUT2D eigenvalue weighted by molar-refractivity contribution is 5.77. The summed E-state index contributed by atoms with van der Waals surface area (Å²) in [6.45, 7) is 2.36. The van der Waals surface area contributed by atoms with Crippen molar-refractivity contribution in [1.29, 1.82) is 10.5 Å². The molecule has 1 aromatic heterocycles. The Morgan fingerprint density at radius 1 is 1.00 bits per heavy atom. The van der Waals surface area contributed by atoms with E-state index in [1.165, 1.54) is 12.3 Å². The molecule has 2 fully saturated rings. The molecule has 0 atom stereocenters. The van der Waals surface area contributed by atoms with Gasteiger partial charge in [-0.25, -0.2) is 4.98 Å². The first kappa shape index (κ1) is 26.2. The number of hydrogen-bond donors (Lipinski definition) is 0. The Bertz CT molecular complexity index is 1170. The number of amides is 1. The molecule has 0 spiro atoms. The number of nitriles is 2. The van der Waals surface area contributed by atoms with Crippen LogP contribution in [-0.2, 0) is 15.7 Å². The number of pyridine rings is 1. The predicted octanol–water partition coefficient (Wildman–Crippen LogP) is 3.90. The molecule has 1 amide bonds. The quantitative estimate of drug-likeness (QED) is 0.577. The highest BCUT2D eigenvalue weighted by Crippen LogP contribution is 2.35. The molecule has 0 radical (unpaired) electrons. The smallest absolute Gasteiger partial charge is 0.417 e. The van der Waals surface area contributed by atoms with Crippen LogP contribution in [0.5, 0.6) is 5.75 Å². The highest BCUT2D eigenvalue weighted by atomic mass is 19.4. The molecular weight excluding hydrogens is 487 g/mol. The maximum Gasteiger partial charge on any atom is 0.417 e. The highest BCUT2D eigenvalue weighted by Gasteiger charge is 2.34. The SMILES string of the molecule is N#Cc1ccc(N2CCN(C(=O)COC3CCC(Oc4ccc(C#N)c(C(F)(F)F)c4)CC3)CC2)nc1. The number of halogens is 3. The minimum Gasteiger partial charge on any atom is -0.490 e. The molecule has 1 aliphatic heterocycles. The van der Waals surface area contributed by atoms with Gasteiger partial charge in [-0.05, 0) is 56.0 Å². The van der Waals surface area contributed by atoms with Gasteiger partial charge in [0.05, 0.1) is 35.0 Å². The Morgan fingerprint density at radius 3 is 2.30 bits per heavy atom. The van der Waals surface area contributed by atoms with Gasteiger partial charge in [0.1, 0.15) is 24.2 Å². The Kier molecular flexibility index (Phi) is 8.14. The minimum absolute atomic E-state index is 0.0180. The largest absolute Gasteiger partial charge is 0.490 e. The van der Waals surface area contributed by atoms with Crippen molar-refractivity contribution in [3.05, 3.63) is 53.2 Å². The summed E-state index contributed by atoms with van der Waals surface area (Å²) in [6.07, 6.45) is -1.00. The van der Waals surface area contributed by atoms with Crippen molar-refractivity contribution >= 4 is 11.7 Å². The molecule has 1 saturated carbocycles. The third-order valence-corrected chi connectivity index (χ3v) is 6.62. The van der Waals surface area contributed by atoms with E-state index in [1.54, 1.807) is 23.1 Å². The van der Waals surface area contributed by atoms with Gasteiger partial charge in [-0.2, -0.15) is 23.7 Å². The van der Waals surface area contributed by atoms with Crippen molar-refractivity contribution in [2.45, 2.75) is 44.1 Å². The minimum atomic E-state index is -4.63. The molecule has 11 heteroatoms. The van der Waals surface area contributed by atoms with Crippen LogP contribution in [0.15, 0.2) is 36.5 Å². The van der Waals surface area contributed by atoms with Gasteiger partial charge < -0.3 is 19.3 Å². The van der Waals surface area contributed by atoms with Gasteiger partial charge in [0.2, 0.25) is 5.91 Å². The third kappa shape index (κ3) is 6.69. The Morgan fingerprint density at radius 2 is 1.70 bits per heavy atom. The number of aromatic nitrogens is 1. The molecule has 1 aliphatic carbocycles. The average Bonchev–Trinajstić information content (AvgIpc) is 2.92. The fourth-order valence-corrected chi connectivity index (χ4v) is 4.54. The number of alkyl halides is 3. The number of rotatable bonds is 6. The lowest BCUT2D eigenvalue weighted by molar-refractivity contribution is -0.140. The Hall–Kier alpha value is -3.83. The van der Waals surface area contributed by atoms with E-state index in [0.717, 1.165) is 18.0 Å². The molecule has 0 bridgehead atoms. The zero-order valence-electron chi connectivity index (χ0n) is 20.1. The third-order valence-electron chi connectivity index (χ3n) is 6.62. The zero-order valence-corrected chi connectivity index (χ0v) is 20.1. The summed E-state index contributed by atoms with van der Waals surface area (Å²) in [7, 11) is 0. The maximum absolute atomic E-state index is 13.2. The summed E-state index contributed by atoms with van der Waals surface area (Å²) in [4.78, 5) is 20.8. The summed E-state index contributed by atoms with van der Waals surface area (Å²) < 4.78 is 51.1. The number of ether oxygens (including phenoxy) is 2. The summed E-state index contributed by atoms with van der Waals surface area (Å²) in [5.74, 6) is 0.779. The summed E-state index contributed by atoms with van der Waals surface area (Å²) in [6, 6.07) is 10.5. The normalized spacial score (nSPS) is 20.1. The van der Waals surface area contributed by atoms with Crippen molar-refractivity contribution in [3.63, 3.8) is 0 Å². The number of anilines is 1. The van der Waals surface area contributed by atoms with E-state index in [-0.39, 0.29) is 30.5 Å². The molecule has 2 heterocycles. The van der Waals surface area contributed by atoms with Crippen LogP contribution < -0.4 is 9.64 Å². The van der Waals surface area contributed by atoms with Crippen molar-refractivity contribution in [3.8, 4) is 17.9 Å². The van der Waals surface area contributed by atoms with Crippen molar-refractivity contribution < 1.29 is 27.4 Å². The molecule has 2 aliphatic rings. The van der Waals surface area contributed by atoms with Crippen LogP contribution in [0.2, 0.25) is 0 Å². The van der Waals surface area contributed by atoms with Crippen LogP contribution in [0.4, 0.5) is 19.0 Å². The van der Waals surface area contributed by atoms with Gasteiger partial charge in [0.15, 0.2) is 0 Å². The van der Waals surface area contributed by atoms with E-state index in [1.807, 2.05) is 6.07 Å². The van der Waals surface area contributed by atoms with Crippen LogP contribution >= 0.6 is 0 Å². The lowest BCUT2D eigenvalue weighted by Crippen LogP contribution is -2.50. The van der Waals surface area contributed by atoms with Gasteiger partial charge in [-0.3, -0.25) is 4.79 Å². The lowest BCUT2D eigenvalue weighted by atomic mass is 9.95. The second kappa shape index (κ2) is 11.5. The van der Waals surface area contributed by atoms with E-state index >= 15 is 0 Å². The number of piperazine rings is 1. The first-order valence-electron chi connectivity index (χ1n) is 12.1. The molecule has 194 valence electrons. The van der Waals surface area contributed by atoms with E-state index in [9.17, 15) is 18.0 Å². The second-order valence-electron chi connectivity index (χ2n) is 9.03. The Balaban J connectivity index is 1.19. The van der Waals surface area contributed by atoms with Gasteiger partial charge in [0, 0.05) is 32.4 Å². The summed E-state index contributed by atoms with van der Waals surface area (Å²) in [5, 5.41) is 17.8. The topological polar surface area (TPSA) is 102 Å². The van der Waals surface area contributed by atoms with Gasteiger partial charge in [-0.1, -0.05) is 0 Å². The van der Waals surface area contributed by atoms with Gasteiger partial charge in [-0.15, -0.1) is 0 Å². The van der Waals surface area contributed by atoms with Gasteiger partial charge in [0.25, 0.3) is 0 Å². The number of hydrogen-bond acceptors (Lipinski definition) is 7. The first-order chi connectivity index (χ1) is 17.8. The van der Waals surface area contributed by atoms with Crippen molar-refractivity contribution in [2.75, 3.05) is 37.7 Å². The molecule has 2 aromatic rings. The molecule has 37 heavy (non-hydrogen) atoms. The fraction of sp³-hybridized carbons (Fsp3) is 0.462. The van der Waals surface area contributed by atoms with Crippen LogP contribution in [0.3, 0.4) is 0 Å². The Labute approximate surface area is 212 Å². The average molecular weight is 514 g/mol. The molecule has 1 aromatic carbocycles. The molecule has 8 nitrogen and oxygen atoms in total. The number of carbonyl (C=O) groups is 1. The summed E-state index contributed by atoms with van der Waals surface area (Å²) >= 11 is 0. The van der Waals surface area contributed by atoms with E-state index < -0.39 is 17.3 Å². The molecule has 1 saturated heterocycles. The van der Waals surface area contributed by atoms with Crippen LogP contribution in [0.25, 0.3) is 0 Å². The monoisotopic (exact) mass is 513 g/mol. The standard InChI is InChI=1S/C26H26F3N5O3/c27-26(28,29)23-13-22(3-2-19(23)15-31)37-21-6-4-20(5-7-21)36-17-25(35)34-11-9-33(10-12-34)24-8-1-18(14-30)16-32-24/h1-3,8,13,16,20-21H,4-7,9-12,17H2. The lowest BCUT2D eigenvalue weighted by Gasteiger charge is -2.36. The second-order valence-corrected chi connectivity index (χ2v) is 9.03. The molecule has 0 N–H and O–H groups in total.